The Kier molecular flexibility index (Phi) is 5.37. The highest BCUT2D eigenvalue weighted by molar-refractivity contribution is 6.21. The number of likely N-dealkylation sites (N-methyl/N-ethyl adjacent to an activating group) is 2. The number of pyridine rings is 1. The standard InChI is InChI=1S/C20H22N7O4/c1-24-18-17(19(29)25(2)20(24)30)27(12-23-18)11-16(28)26-7-5-14(6-8-26)31-15-4-3-13(9-21)10-22-15/h3-4,10,12,14,17H,5-8,11H2,1-2H3/q+1. The maximum Gasteiger partial charge on any atom is 0.333 e. The van der Waals surface area contributed by atoms with Gasteiger partial charge in [-0.2, -0.15) is 5.26 Å². The van der Waals surface area contributed by atoms with Gasteiger partial charge in [0.2, 0.25) is 5.88 Å². The van der Waals surface area contributed by atoms with Crippen LogP contribution >= 0.6 is 0 Å². The molecule has 0 aliphatic carbocycles. The van der Waals surface area contributed by atoms with E-state index in [9.17, 15) is 14.4 Å². The van der Waals surface area contributed by atoms with Gasteiger partial charge >= 0.3 is 6.03 Å². The molecule has 11 nitrogen and oxygen atoms in total. The van der Waals surface area contributed by atoms with Crippen molar-refractivity contribution in [1.82, 2.24) is 19.7 Å². The van der Waals surface area contributed by atoms with Gasteiger partial charge < -0.3 is 9.64 Å². The summed E-state index contributed by atoms with van der Waals surface area (Å²) in [6, 6.07) is 4.12. The number of nitriles is 1. The molecule has 3 aliphatic heterocycles. The van der Waals surface area contributed by atoms with Gasteiger partial charge in [-0.3, -0.25) is 19.4 Å². The van der Waals surface area contributed by atoms with E-state index in [1.807, 2.05) is 6.07 Å². The van der Waals surface area contributed by atoms with Gasteiger partial charge in [0.15, 0.2) is 6.54 Å². The number of hydrogen-bond acceptors (Lipinski definition) is 7. The van der Waals surface area contributed by atoms with Gasteiger partial charge in [-0.15, -0.1) is 0 Å². The van der Waals surface area contributed by atoms with Crippen LogP contribution in [0.25, 0.3) is 0 Å². The summed E-state index contributed by atoms with van der Waals surface area (Å²) < 4.78 is 7.43. The number of fused-ring (bicyclic) bond motifs is 1. The van der Waals surface area contributed by atoms with E-state index >= 15 is 0 Å². The molecule has 1 aromatic heterocycles. The first kappa shape index (κ1) is 20.5. The van der Waals surface area contributed by atoms with E-state index in [1.54, 1.807) is 28.7 Å². The maximum absolute atomic E-state index is 12.8. The van der Waals surface area contributed by atoms with Crippen molar-refractivity contribution in [2.45, 2.75) is 25.0 Å². The van der Waals surface area contributed by atoms with Crippen LogP contribution in [0.15, 0.2) is 23.3 Å². The highest BCUT2D eigenvalue weighted by atomic mass is 16.5. The van der Waals surface area contributed by atoms with Crippen LogP contribution in [0, 0.1) is 11.3 Å². The first-order valence-corrected chi connectivity index (χ1v) is 9.91. The van der Waals surface area contributed by atoms with Gasteiger partial charge in [0.1, 0.15) is 12.2 Å². The van der Waals surface area contributed by atoms with E-state index in [2.05, 4.69) is 9.98 Å². The zero-order chi connectivity index (χ0) is 22.1. The lowest BCUT2D eigenvalue weighted by Crippen LogP contribution is -2.62. The molecule has 1 aromatic rings. The van der Waals surface area contributed by atoms with Gasteiger partial charge in [-0.05, 0) is 11.1 Å². The predicted molar refractivity (Wildman–Crippen MR) is 108 cm³/mol. The third-order valence-electron chi connectivity index (χ3n) is 5.66. The smallest absolute Gasteiger partial charge is 0.333 e. The van der Waals surface area contributed by atoms with Gasteiger partial charge in [0, 0.05) is 52.3 Å². The van der Waals surface area contributed by atoms with E-state index in [4.69, 9.17) is 10.00 Å². The number of piperidine rings is 1. The second-order valence-electron chi connectivity index (χ2n) is 7.61. The fourth-order valence-corrected chi connectivity index (χ4v) is 3.84. The molecule has 4 heterocycles. The number of hydrogen-bond donors (Lipinski definition) is 0. The normalized spacial score (nSPS) is 21.5. The van der Waals surface area contributed by atoms with Crippen molar-refractivity contribution in [3.05, 3.63) is 23.9 Å². The molecule has 0 saturated carbocycles. The maximum atomic E-state index is 12.8. The lowest BCUT2D eigenvalue weighted by molar-refractivity contribution is -0.520. The van der Waals surface area contributed by atoms with Crippen LogP contribution in [0.4, 0.5) is 4.79 Å². The Morgan fingerprint density at radius 1 is 1.26 bits per heavy atom. The molecule has 0 aromatic carbocycles. The second kappa shape index (κ2) is 8.14. The quantitative estimate of drug-likeness (QED) is 0.610. The van der Waals surface area contributed by atoms with Crippen LogP contribution < -0.4 is 4.74 Å². The van der Waals surface area contributed by atoms with Crippen molar-refractivity contribution in [2.24, 2.45) is 4.99 Å². The lowest BCUT2D eigenvalue weighted by atomic mass is 10.1. The summed E-state index contributed by atoms with van der Waals surface area (Å²) in [7, 11) is 2.98. The molecule has 3 aliphatic rings. The Morgan fingerprint density at radius 3 is 2.65 bits per heavy atom. The van der Waals surface area contributed by atoms with Crippen molar-refractivity contribution in [3.63, 3.8) is 0 Å². The van der Waals surface area contributed by atoms with E-state index in [0.29, 0.717) is 43.2 Å². The average molecular weight is 424 g/mol. The van der Waals surface area contributed by atoms with Crippen LogP contribution in [-0.4, -0.2) is 100 Å². The summed E-state index contributed by atoms with van der Waals surface area (Å²) in [6.45, 7) is 1.05. The van der Waals surface area contributed by atoms with Crippen LogP contribution in [0.2, 0.25) is 0 Å². The SMILES string of the molecule is CN1C(=O)C2C(=NC=[N+]2CC(=O)N2CCC(Oc3ccc(C#N)cn3)CC2)N(C)C1=O. The number of carbonyl (C=O) groups excluding carboxylic acids is 3. The summed E-state index contributed by atoms with van der Waals surface area (Å²) >= 11 is 0. The summed E-state index contributed by atoms with van der Waals surface area (Å²) in [5, 5.41) is 8.83. The minimum absolute atomic E-state index is 0.00196. The lowest BCUT2D eigenvalue weighted by Gasteiger charge is -2.33. The topological polar surface area (TPSA) is 122 Å². The average Bonchev–Trinajstić information content (AvgIpc) is 3.21. The molecular formula is C20H22N7O4+. The Morgan fingerprint density at radius 2 is 2.00 bits per heavy atom. The molecule has 11 heteroatoms. The first-order chi connectivity index (χ1) is 14.9. The molecule has 1 unspecified atom stereocenters. The third-order valence-corrected chi connectivity index (χ3v) is 5.66. The monoisotopic (exact) mass is 424 g/mol. The van der Waals surface area contributed by atoms with Crippen molar-refractivity contribution >= 4 is 30.0 Å². The molecule has 2 fully saturated rings. The fraction of sp³-hybridized carbons (Fsp3) is 0.450. The number of nitrogens with zero attached hydrogens (tertiary/aromatic N) is 7. The van der Waals surface area contributed by atoms with Crippen LogP contribution in [0.1, 0.15) is 18.4 Å². The van der Waals surface area contributed by atoms with Crippen molar-refractivity contribution in [1.29, 1.82) is 5.26 Å². The number of aliphatic imine (C=N–C) groups is 1. The number of urea groups is 1. The Hall–Kier alpha value is -3.81. The molecule has 4 rings (SSSR count). The molecule has 4 amide bonds. The van der Waals surface area contributed by atoms with E-state index in [-0.39, 0.29) is 18.6 Å². The molecule has 0 spiro atoms. The van der Waals surface area contributed by atoms with Crippen molar-refractivity contribution < 1.29 is 23.7 Å². The molecule has 0 radical (unpaired) electrons. The minimum Gasteiger partial charge on any atom is -0.474 e. The molecule has 2 saturated heterocycles. The van der Waals surface area contributed by atoms with Crippen LogP contribution in [-0.2, 0) is 9.59 Å². The van der Waals surface area contributed by atoms with Gasteiger partial charge in [0.25, 0.3) is 30.0 Å². The van der Waals surface area contributed by atoms with E-state index in [1.165, 1.54) is 24.5 Å². The zero-order valence-corrected chi connectivity index (χ0v) is 17.3. The number of amidine groups is 1. The van der Waals surface area contributed by atoms with Gasteiger partial charge in [0.05, 0.1) is 5.56 Å². The summed E-state index contributed by atoms with van der Waals surface area (Å²) in [5.41, 5.74) is 0.469. The zero-order valence-electron chi connectivity index (χ0n) is 17.3. The number of imide groups is 1. The number of aromatic nitrogens is 1. The van der Waals surface area contributed by atoms with Crippen molar-refractivity contribution in [2.75, 3.05) is 33.7 Å². The molecule has 1 atom stereocenters. The first-order valence-electron chi connectivity index (χ1n) is 9.91. The second-order valence-corrected chi connectivity index (χ2v) is 7.61. The predicted octanol–water partition coefficient (Wildman–Crippen LogP) is -0.332. The summed E-state index contributed by atoms with van der Waals surface area (Å²) in [5.74, 6) is 0.282. The number of amides is 4. The van der Waals surface area contributed by atoms with Gasteiger partial charge in [-0.1, -0.05) is 0 Å². The number of carbonyl (C=O) groups is 3. The number of rotatable bonds is 4. The van der Waals surface area contributed by atoms with Crippen LogP contribution in [0.3, 0.4) is 0 Å². The van der Waals surface area contributed by atoms with Crippen LogP contribution in [0.5, 0.6) is 5.88 Å². The van der Waals surface area contributed by atoms with E-state index in [0.717, 1.165) is 4.90 Å². The Balaban J connectivity index is 1.31. The number of ether oxygens (including phenoxy) is 1. The molecule has 31 heavy (non-hydrogen) atoms. The molecule has 0 N–H and O–H groups in total. The number of likely N-dealkylation sites (tertiary alicyclic amines) is 1. The largest absolute Gasteiger partial charge is 0.474 e. The fourth-order valence-electron chi connectivity index (χ4n) is 3.84. The highest BCUT2D eigenvalue weighted by Crippen LogP contribution is 2.19. The third kappa shape index (κ3) is 3.84. The molecular weight excluding hydrogens is 402 g/mol. The Bertz CT molecular complexity index is 1020. The Labute approximate surface area is 178 Å². The van der Waals surface area contributed by atoms with Gasteiger partial charge in [-0.25, -0.2) is 14.4 Å². The summed E-state index contributed by atoms with van der Waals surface area (Å²) in [4.78, 5) is 49.8. The minimum atomic E-state index is -0.764. The highest BCUT2D eigenvalue weighted by Gasteiger charge is 2.51. The van der Waals surface area contributed by atoms with E-state index < -0.39 is 18.0 Å². The molecule has 160 valence electrons. The molecule has 0 bridgehead atoms. The van der Waals surface area contributed by atoms with Crippen molar-refractivity contribution in [3.8, 4) is 11.9 Å². The summed E-state index contributed by atoms with van der Waals surface area (Å²) in [6.07, 6.45) is 4.16.